The van der Waals surface area contributed by atoms with Gasteiger partial charge in [0.05, 0.1) is 5.71 Å². The average Bonchev–Trinajstić information content (AvgIpc) is 2.97. The van der Waals surface area contributed by atoms with Crippen molar-refractivity contribution >= 4 is 11.8 Å². The molecule has 1 unspecified atom stereocenters. The Bertz CT molecular complexity index is 510. The van der Waals surface area contributed by atoms with Gasteiger partial charge < -0.3 is 9.57 Å². The molecule has 0 radical (unpaired) electrons. The summed E-state index contributed by atoms with van der Waals surface area (Å²) >= 11 is 0. The molecule has 3 rings (SSSR count). The van der Waals surface area contributed by atoms with Crippen LogP contribution in [0.5, 0.6) is 5.75 Å². The molecule has 1 heterocycles. The van der Waals surface area contributed by atoms with Gasteiger partial charge >= 0.3 is 6.09 Å². The van der Waals surface area contributed by atoms with Crippen LogP contribution in [0.1, 0.15) is 38.5 Å². The predicted molar refractivity (Wildman–Crippen MR) is 79.1 cm³/mol. The Balaban J connectivity index is 1.46. The van der Waals surface area contributed by atoms with E-state index in [1.807, 2.05) is 18.2 Å². The van der Waals surface area contributed by atoms with Gasteiger partial charge in [-0.2, -0.15) is 0 Å². The minimum Gasteiger partial charge on any atom is -0.410 e. The van der Waals surface area contributed by atoms with Gasteiger partial charge in [0.1, 0.15) is 5.75 Å². The second kappa shape index (κ2) is 6.61. The monoisotopic (exact) mass is 288 g/mol. The summed E-state index contributed by atoms with van der Waals surface area (Å²) in [5.74, 6) is 1.04. The number of oxime groups is 1. The quantitative estimate of drug-likeness (QED) is 0.926. The van der Waals surface area contributed by atoms with E-state index in [-0.39, 0.29) is 0 Å². The number of nitrogens with zero attached hydrogens (tertiary/aromatic N) is 1. The van der Waals surface area contributed by atoms with Crippen LogP contribution in [0, 0.1) is 5.92 Å². The Hall–Kier alpha value is -2.04. The highest BCUT2D eigenvalue weighted by molar-refractivity contribution is 5.88. The van der Waals surface area contributed by atoms with Crippen molar-refractivity contribution in [2.75, 3.05) is 0 Å². The fourth-order valence-electron chi connectivity index (χ4n) is 2.91. The van der Waals surface area contributed by atoms with Crippen LogP contribution in [0.25, 0.3) is 0 Å². The molecular formula is C16H20N2O3. The summed E-state index contributed by atoms with van der Waals surface area (Å²) in [5.41, 5.74) is 1.08. The molecule has 0 bridgehead atoms. The Morgan fingerprint density at radius 2 is 1.95 bits per heavy atom. The number of hydrogen-bond donors (Lipinski definition) is 1. The van der Waals surface area contributed by atoms with E-state index in [2.05, 4.69) is 10.5 Å². The van der Waals surface area contributed by atoms with Crippen LogP contribution in [-0.2, 0) is 4.84 Å². The minimum absolute atomic E-state index is 0.405. The van der Waals surface area contributed by atoms with E-state index in [1.54, 1.807) is 12.1 Å². The van der Waals surface area contributed by atoms with Gasteiger partial charge in [-0.1, -0.05) is 42.6 Å². The third kappa shape index (κ3) is 3.74. The number of benzene rings is 1. The molecule has 1 N–H and O–H groups in total. The first kappa shape index (κ1) is 13.9. The molecule has 1 aliphatic carbocycles. The summed E-state index contributed by atoms with van der Waals surface area (Å²) in [4.78, 5) is 17.1. The van der Waals surface area contributed by atoms with Gasteiger partial charge in [0, 0.05) is 12.3 Å². The molecule has 0 spiro atoms. The minimum atomic E-state index is -0.508. The first-order valence-electron chi connectivity index (χ1n) is 7.57. The van der Waals surface area contributed by atoms with Gasteiger partial charge in [-0.15, -0.1) is 0 Å². The van der Waals surface area contributed by atoms with Gasteiger partial charge in [-0.05, 0) is 25.0 Å². The van der Waals surface area contributed by atoms with Crippen molar-refractivity contribution in [3.8, 4) is 5.75 Å². The van der Waals surface area contributed by atoms with Crippen molar-refractivity contribution in [3.63, 3.8) is 0 Å². The summed E-state index contributed by atoms with van der Waals surface area (Å²) in [6.07, 6.45) is 5.96. The Morgan fingerprint density at radius 1 is 1.19 bits per heavy atom. The third-order valence-electron chi connectivity index (χ3n) is 4.00. The molecule has 5 nitrogen and oxygen atoms in total. The van der Waals surface area contributed by atoms with E-state index in [0.717, 1.165) is 5.71 Å². The van der Waals surface area contributed by atoms with Crippen molar-refractivity contribution in [1.29, 1.82) is 0 Å². The zero-order valence-electron chi connectivity index (χ0n) is 12.0. The van der Waals surface area contributed by atoms with Crippen molar-refractivity contribution in [2.24, 2.45) is 11.1 Å². The van der Waals surface area contributed by atoms with Crippen molar-refractivity contribution < 1.29 is 14.4 Å². The van der Waals surface area contributed by atoms with Gasteiger partial charge in [0.15, 0.2) is 0 Å². The molecule has 1 aromatic rings. The molecule has 2 aliphatic rings. The van der Waals surface area contributed by atoms with Crippen LogP contribution in [0.2, 0.25) is 0 Å². The third-order valence-corrected chi connectivity index (χ3v) is 4.00. The van der Waals surface area contributed by atoms with Crippen LogP contribution in [-0.4, -0.2) is 18.0 Å². The lowest BCUT2D eigenvalue weighted by atomic mass is 9.85. The van der Waals surface area contributed by atoms with E-state index in [0.29, 0.717) is 18.1 Å². The van der Waals surface area contributed by atoms with E-state index in [9.17, 15) is 4.79 Å². The topological polar surface area (TPSA) is 59.9 Å². The lowest BCUT2D eigenvalue weighted by molar-refractivity contribution is 0.0608. The zero-order valence-corrected chi connectivity index (χ0v) is 12.0. The van der Waals surface area contributed by atoms with Crippen LogP contribution < -0.4 is 10.1 Å². The fraction of sp³-hybridized carbons (Fsp3) is 0.500. The van der Waals surface area contributed by atoms with Crippen molar-refractivity contribution in [3.05, 3.63) is 30.3 Å². The van der Waals surface area contributed by atoms with Crippen molar-refractivity contribution in [2.45, 2.75) is 44.8 Å². The highest BCUT2D eigenvalue weighted by Crippen LogP contribution is 2.28. The largest absolute Gasteiger partial charge is 0.415 e. The fourth-order valence-corrected chi connectivity index (χ4v) is 2.91. The van der Waals surface area contributed by atoms with E-state index in [4.69, 9.17) is 9.57 Å². The molecule has 1 aromatic carbocycles. The standard InChI is InChI=1S/C16H20N2O3/c19-16(20-13-9-5-2-6-10-13)17-15-11-14(18-21-15)12-7-3-1-4-8-12/h2,5-6,9-10,12,15H,1,3-4,7-8,11H2,(H,17,19). The molecule has 112 valence electrons. The number of ether oxygens (including phenoxy) is 1. The Morgan fingerprint density at radius 3 is 2.71 bits per heavy atom. The Labute approximate surface area is 124 Å². The number of hydrogen-bond acceptors (Lipinski definition) is 4. The highest BCUT2D eigenvalue weighted by atomic mass is 16.7. The molecular weight excluding hydrogens is 268 g/mol. The van der Waals surface area contributed by atoms with Gasteiger partial charge in [0.2, 0.25) is 6.23 Å². The normalized spacial score (nSPS) is 22.3. The second-order valence-corrected chi connectivity index (χ2v) is 5.56. The van der Waals surface area contributed by atoms with Gasteiger partial charge in [-0.25, -0.2) is 4.79 Å². The molecule has 1 atom stereocenters. The SMILES string of the molecule is O=C(NC1CC(C2CCCCC2)=NO1)Oc1ccccc1. The molecule has 1 fully saturated rings. The van der Waals surface area contributed by atoms with Crippen LogP contribution >= 0.6 is 0 Å². The Kier molecular flexibility index (Phi) is 4.38. The predicted octanol–water partition coefficient (Wildman–Crippen LogP) is 3.46. The lowest BCUT2D eigenvalue weighted by Gasteiger charge is -2.20. The van der Waals surface area contributed by atoms with Crippen LogP contribution in [0.4, 0.5) is 4.79 Å². The zero-order chi connectivity index (χ0) is 14.5. The molecule has 21 heavy (non-hydrogen) atoms. The maximum Gasteiger partial charge on any atom is 0.415 e. The number of carbonyl (C=O) groups is 1. The first-order valence-corrected chi connectivity index (χ1v) is 7.57. The summed E-state index contributed by atoms with van der Waals surface area (Å²) in [5, 5.41) is 6.85. The van der Waals surface area contributed by atoms with Gasteiger partial charge in [0.25, 0.3) is 0 Å². The molecule has 0 aromatic heterocycles. The second-order valence-electron chi connectivity index (χ2n) is 5.56. The van der Waals surface area contributed by atoms with E-state index >= 15 is 0 Å². The number of carbonyl (C=O) groups excluding carboxylic acids is 1. The van der Waals surface area contributed by atoms with Gasteiger partial charge in [-0.3, -0.25) is 5.32 Å². The first-order chi connectivity index (χ1) is 10.3. The molecule has 5 heteroatoms. The maximum absolute atomic E-state index is 11.8. The molecule has 1 saturated carbocycles. The lowest BCUT2D eigenvalue weighted by Crippen LogP contribution is -2.37. The van der Waals surface area contributed by atoms with E-state index in [1.165, 1.54) is 32.1 Å². The van der Waals surface area contributed by atoms with Crippen LogP contribution in [0.3, 0.4) is 0 Å². The van der Waals surface area contributed by atoms with E-state index < -0.39 is 12.3 Å². The number of nitrogens with one attached hydrogen (secondary N) is 1. The summed E-state index contributed by atoms with van der Waals surface area (Å²) in [6, 6.07) is 8.98. The van der Waals surface area contributed by atoms with Crippen molar-refractivity contribution in [1.82, 2.24) is 5.32 Å². The number of rotatable bonds is 3. The smallest absolute Gasteiger partial charge is 0.410 e. The summed E-state index contributed by atoms with van der Waals surface area (Å²) in [6.45, 7) is 0. The summed E-state index contributed by atoms with van der Waals surface area (Å²) < 4.78 is 5.18. The molecule has 0 saturated heterocycles. The number of amides is 1. The summed E-state index contributed by atoms with van der Waals surface area (Å²) in [7, 11) is 0. The van der Waals surface area contributed by atoms with Crippen LogP contribution in [0.15, 0.2) is 35.5 Å². The molecule has 1 aliphatic heterocycles. The molecule has 1 amide bonds. The highest BCUT2D eigenvalue weighted by Gasteiger charge is 2.29. The number of para-hydroxylation sites is 1. The average molecular weight is 288 g/mol. The maximum atomic E-state index is 11.8.